The molecule has 15 heteroatoms. The number of methoxy groups -OCH3 is 1. The van der Waals surface area contributed by atoms with Gasteiger partial charge in [-0.25, -0.2) is 4.98 Å². The Balaban J connectivity index is 1.46. The molecule has 10 nitrogen and oxygen atoms in total. The number of hydrogen-bond acceptors (Lipinski definition) is 8. The fourth-order valence-electron chi connectivity index (χ4n) is 8.22. The van der Waals surface area contributed by atoms with Crippen LogP contribution in [0.2, 0.25) is 10.0 Å². The molecule has 4 amide bonds. The van der Waals surface area contributed by atoms with Crippen molar-refractivity contribution >= 4 is 52.6 Å². The predicted octanol–water partition coefficient (Wildman–Crippen LogP) is 5.74. The van der Waals surface area contributed by atoms with E-state index < -0.39 is 69.5 Å². The number of imide groups is 2. The van der Waals surface area contributed by atoms with Crippen LogP contribution in [0.1, 0.15) is 35.4 Å². The molecular weight excluding hydrogens is 688 g/mol. The molecular formula is C34H27Cl2F3N4O6. The van der Waals surface area contributed by atoms with Crippen molar-refractivity contribution in [1.29, 1.82) is 0 Å². The number of benzene rings is 2. The van der Waals surface area contributed by atoms with Gasteiger partial charge in [0.15, 0.2) is 5.82 Å². The molecule has 1 aromatic heterocycles. The van der Waals surface area contributed by atoms with Gasteiger partial charge in [0.1, 0.15) is 11.5 Å². The van der Waals surface area contributed by atoms with Gasteiger partial charge in [0.25, 0.3) is 11.8 Å². The number of aromatic hydroxyl groups is 1. The molecule has 0 unspecified atom stereocenters. The van der Waals surface area contributed by atoms with Crippen molar-refractivity contribution in [3.63, 3.8) is 0 Å². The molecule has 3 fully saturated rings. The van der Waals surface area contributed by atoms with E-state index >= 15 is 4.79 Å². The predicted molar refractivity (Wildman–Crippen MR) is 169 cm³/mol. The maximum atomic E-state index is 15.1. The first-order valence-corrected chi connectivity index (χ1v) is 16.0. The third-order valence-corrected chi connectivity index (χ3v) is 10.8. The Bertz CT molecular complexity index is 1970. The van der Waals surface area contributed by atoms with Gasteiger partial charge in [0.05, 0.1) is 40.9 Å². The number of hydrazine groups is 1. The molecule has 2 aromatic carbocycles. The summed E-state index contributed by atoms with van der Waals surface area (Å²) in [5, 5.41) is 11.0. The van der Waals surface area contributed by atoms with Crippen LogP contribution in [0.3, 0.4) is 0 Å². The molecule has 0 spiro atoms. The highest BCUT2D eigenvalue weighted by atomic mass is 35.5. The first-order valence-electron chi connectivity index (χ1n) is 15.2. The number of hydrogen-bond donors (Lipinski definition) is 2. The van der Waals surface area contributed by atoms with Gasteiger partial charge in [-0.15, -0.1) is 0 Å². The third-order valence-electron chi connectivity index (χ3n) is 10.3. The van der Waals surface area contributed by atoms with Gasteiger partial charge < -0.3 is 9.84 Å². The highest BCUT2D eigenvalue weighted by molar-refractivity contribution is 6.33. The van der Waals surface area contributed by atoms with E-state index in [2.05, 4.69) is 10.4 Å². The number of fused-ring (bicyclic) bond motifs is 4. The molecule has 254 valence electrons. The van der Waals surface area contributed by atoms with Crippen molar-refractivity contribution in [3.05, 3.63) is 93.1 Å². The summed E-state index contributed by atoms with van der Waals surface area (Å²) in [7, 11) is 2.80. The molecule has 49 heavy (non-hydrogen) atoms. The summed E-state index contributed by atoms with van der Waals surface area (Å²) >= 11 is 12.5. The van der Waals surface area contributed by atoms with Gasteiger partial charge in [0.2, 0.25) is 11.8 Å². The van der Waals surface area contributed by atoms with E-state index in [9.17, 15) is 32.7 Å². The quantitative estimate of drug-likeness (QED) is 0.253. The minimum atomic E-state index is -4.74. The zero-order valence-corrected chi connectivity index (χ0v) is 27.3. The molecule has 0 radical (unpaired) electrons. The van der Waals surface area contributed by atoms with Gasteiger partial charge >= 0.3 is 6.18 Å². The number of aromatic nitrogens is 1. The number of amides is 4. The van der Waals surface area contributed by atoms with Crippen molar-refractivity contribution in [3.8, 4) is 11.5 Å². The van der Waals surface area contributed by atoms with Crippen molar-refractivity contribution in [2.45, 2.75) is 30.4 Å². The number of anilines is 1. The number of nitrogens with zero attached hydrogens (tertiary/aromatic N) is 3. The van der Waals surface area contributed by atoms with Crippen LogP contribution < -0.4 is 10.2 Å². The largest absolute Gasteiger partial charge is 0.508 e. The van der Waals surface area contributed by atoms with E-state index in [1.165, 1.54) is 26.3 Å². The second-order valence-electron chi connectivity index (χ2n) is 12.6. The first kappa shape index (κ1) is 32.9. The van der Waals surface area contributed by atoms with Gasteiger partial charge in [0, 0.05) is 35.8 Å². The SMILES string of the molecule is COc1cc(O)ccc1[C@H]1C2=CC[C@@H]3C(=O)N(C)C(=O)[C@@H]3[C@@H]2C[C@H]2C(=O)N(Nc3ncc(C(F)(F)F)cc3Cl)C(=O)[C@@]12c1ccc(Cl)cc1. The summed E-state index contributed by atoms with van der Waals surface area (Å²) in [5.41, 5.74) is 1.19. The molecule has 3 aromatic rings. The van der Waals surface area contributed by atoms with Crippen molar-refractivity contribution in [2.24, 2.45) is 23.7 Å². The van der Waals surface area contributed by atoms with E-state index in [1.807, 2.05) is 6.08 Å². The lowest BCUT2D eigenvalue weighted by molar-refractivity contribution is -0.140. The lowest BCUT2D eigenvalue weighted by Crippen LogP contribution is -2.53. The monoisotopic (exact) mass is 714 g/mol. The second kappa shape index (κ2) is 11.5. The Morgan fingerprint density at radius 2 is 1.71 bits per heavy atom. The molecule has 1 saturated carbocycles. The Hall–Kier alpha value is -4.62. The Labute approximate surface area is 287 Å². The molecule has 4 aliphatic rings. The number of ether oxygens (including phenoxy) is 1. The molecule has 0 bridgehead atoms. The van der Waals surface area contributed by atoms with Crippen molar-refractivity contribution in [2.75, 3.05) is 19.6 Å². The molecule has 3 heterocycles. The highest BCUT2D eigenvalue weighted by Crippen LogP contribution is 2.65. The average Bonchev–Trinajstić information content (AvgIpc) is 3.42. The molecule has 6 atom stereocenters. The molecule has 2 N–H and O–H groups in total. The Morgan fingerprint density at radius 1 is 1.00 bits per heavy atom. The van der Waals surface area contributed by atoms with Gasteiger partial charge in [-0.1, -0.05) is 53.1 Å². The summed E-state index contributed by atoms with van der Waals surface area (Å²) in [5.74, 6) is -6.80. The number of carbonyl (C=O) groups is 4. The summed E-state index contributed by atoms with van der Waals surface area (Å²) in [4.78, 5) is 61.4. The summed E-state index contributed by atoms with van der Waals surface area (Å²) < 4.78 is 45.8. The highest BCUT2D eigenvalue weighted by Gasteiger charge is 2.70. The topological polar surface area (TPSA) is 129 Å². The number of nitrogens with one attached hydrogen (secondary N) is 1. The van der Waals surface area contributed by atoms with Gasteiger partial charge in [-0.05, 0) is 48.6 Å². The maximum absolute atomic E-state index is 15.1. The average molecular weight is 716 g/mol. The normalized spacial score (nSPS) is 27.9. The number of allylic oxidation sites excluding steroid dienone is 2. The van der Waals surface area contributed by atoms with Gasteiger partial charge in [-0.2, -0.15) is 18.2 Å². The summed E-state index contributed by atoms with van der Waals surface area (Å²) in [6, 6.07) is 11.4. The van der Waals surface area contributed by atoms with Crippen molar-refractivity contribution in [1.82, 2.24) is 14.9 Å². The lowest BCUT2D eigenvalue weighted by Gasteiger charge is -2.50. The Morgan fingerprint density at radius 3 is 2.37 bits per heavy atom. The zero-order valence-electron chi connectivity index (χ0n) is 25.8. The first-order chi connectivity index (χ1) is 23.2. The molecule has 2 saturated heterocycles. The molecule has 7 rings (SSSR count). The Kier molecular flexibility index (Phi) is 7.71. The van der Waals surface area contributed by atoms with Crippen LogP contribution in [0, 0.1) is 23.7 Å². The van der Waals surface area contributed by atoms with Crippen LogP contribution in [0.4, 0.5) is 19.0 Å². The molecule has 2 aliphatic heterocycles. The van der Waals surface area contributed by atoms with Crippen LogP contribution in [-0.4, -0.2) is 57.8 Å². The van der Waals surface area contributed by atoms with E-state index in [-0.39, 0.29) is 36.1 Å². The number of carbonyl (C=O) groups excluding carboxylic acids is 4. The van der Waals surface area contributed by atoms with Crippen LogP contribution in [0.5, 0.6) is 11.5 Å². The standard InChI is InChI=1S/C34H27Cl2F3N4O6/c1-42-29(45)21-10-9-19-22(26(21)31(42)47)13-23-30(46)43(41-28-24(36)11-16(14-40-28)34(37,38)39)32(48)33(23,15-3-5-17(35)6-4-15)27(19)20-8-7-18(44)12-25(20)49-2/h3-9,11-12,14,21-23,26-27,44H,10,13H2,1-2H3,(H,40,41)/t21-,22+,23-,26-,27+,33+/m0/s1. The minimum absolute atomic E-state index is 0.0175. The van der Waals surface area contributed by atoms with E-state index in [0.29, 0.717) is 39.0 Å². The third kappa shape index (κ3) is 4.80. The van der Waals surface area contributed by atoms with E-state index in [4.69, 9.17) is 27.9 Å². The van der Waals surface area contributed by atoms with Crippen LogP contribution in [0.15, 0.2) is 66.4 Å². The zero-order chi connectivity index (χ0) is 35.2. The smallest absolute Gasteiger partial charge is 0.417 e. The number of pyridine rings is 1. The lowest BCUT2D eigenvalue weighted by atomic mass is 9.49. The second-order valence-corrected chi connectivity index (χ2v) is 13.4. The van der Waals surface area contributed by atoms with Crippen molar-refractivity contribution < 1.29 is 42.2 Å². The number of rotatable bonds is 5. The van der Waals surface area contributed by atoms with Crippen LogP contribution in [0.25, 0.3) is 0 Å². The van der Waals surface area contributed by atoms with E-state index in [1.54, 1.807) is 30.3 Å². The summed E-state index contributed by atoms with van der Waals surface area (Å²) in [6.45, 7) is 0. The maximum Gasteiger partial charge on any atom is 0.417 e. The minimum Gasteiger partial charge on any atom is -0.508 e. The number of phenolic OH excluding ortho intramolecular Hbond substituents is 1. The van der Waals surface area contributed by atoms with Crippen LogP contribution >= 0.6 is 23.2 Å². The fraction of sp³-hybridized carbons (Fsp3) is 0.324. The molecule has 2 aliphatic carbocycles. The van der Waals surface area contributed by atoms with Gasteiger partial charge in [-0.3, -0.25) is 29.5 Å². The number of phenols is 1. The van der Waals surface area contributed by atoms with Crippen LogP contribution in [-0.2, 0) is 30.8 Å². The van der Waals surface area contributed by atoms with E-state index in [0.717, 1.165) is 4.90 Å². The summed E-state index contributed by atoms with van der Waals surface area (Å²) in [6.07, 6.45) is -2.17. The fourth-order valence-corrected chi connectivity index (χ4v) is 8.56. The number of likely N-dealkylation sites (tertiary alicyclic amines) is 1. The number of alkyl halides is 3. The number of halogens is 5.